The molecule has 4 fully saturated rings. The Morgan fingerprint density at radius 1 is 0.590 bits per heavy atom. The lowest BCUT2D eigenvalue weighted by atomic mass is 9.85. The summed E-state index contributed by atoms with van der Waals surface area (Å²) in [4.78, 5) is 78.4. The summed E-state index contributed by atoms with van der Waals surface area (Å²) < 4.78 is 169. The number of H-pyrrole nitrogens is 2. The molecule has 0 amide bonds. The van der Waals surface area contributed by atoms with Crippen LogP contribution in [0.3, 0.4) is 0 Å². The minimum Gasteiger partial charge on any atom is -0.394 e. The number of imidazole rings is 2. The lowest BCUT2D eigenvalue weighted by Crippen LogP contribution is -2.33. The number of ether oxygens (including phenoxy) is 4. The first kappa shape index (κ1) is 59.2. The number of alkyl halides is 9. The van der Waals surface area contributed by atoms with Gasteiger partial charge in [-0.05, 0) is 81.6 Å². The van der Waals surface area contributed by atoms with E-state index in [0.717, 1.165) is 21.8 Å². The number of nitrogens with zero attached hydrogens (tertiary/aromatic N) is 10. The number of nitrogens with two attached hydrogens (primary N) is 3. The number of fused-ring (bicyclic) bond motifs is 2. The summed E-state index contributed by atoms with van der Waals surface area (Å²) in [5.74, 6) is -15.9. The number of hydrogen-bond acceptors (Lipinski definition) is 18. The molecule has 0 aromatic carbocycles. The van der Waals surface area contributed by atoms with Crippen LogP contribution in [0.4, 0.5) is 57.1 Å². The summed E-state index contributed by atoms with van der Waals surface area (Å²) in [5, 5.41) is 10.1. The van der Waals surface area contributed by atoms with Crippen molar-refractivity contribution in [2.24, 2.45) is 23.7 Å². The zero-order chi connectivity index (χ0) is 59.5. The molecule has 0 radical (unpaired) electrons. The molecular formula is C50H60F9N15O9. The number of aromatic nitrogens is 12. The Morgan fingerprint density at radius 2 is 1.07 bits per heavy atom. The van der Waals surface area contributed by atoms with Gasteiger partial charge in [-0.15, -0.1) is 0 Å². The predicted octanol–water partition coefficient (Wildman–Crippen LogP) is 5.80. The molecule has 0 aliphatic carbocycles. The summed E-state index contributed by atoms with van der Waals surface area (Å²) in [7, 11) is 0. The number of rotatable bonds is 21. The summed E-state index contributed by atoms with van der Waals surface area (Å²) in [6.07, 6.45) is -17.8. The second-order valence-electron chi connectivity index (χ2n) is 22.2. The lowest BCUT2D eigenvalue weighted by molar-refractivity contribution is -0.149. The molecule has 33 heteroatoms. The predicted molar refractivity (Wildman–Crippen MR) is 273 cm³/mol. The van der Waals surface area contributed by atoms with E-state index >= 15 is 26.3 Å². The van der Waals surface area contributed by atoms with Crippen molar-refractivity contribution in [3.63, 3.8) is 0 Å². The van der Waals surface area contributed by atoms with E-state index in [1.165, 1.54) is 40.8 Å². The van der Waals surface area contributed by atoms with Gasteiger partial charge in [-0.1, -0.05) is 0 Å². The molecule has 4 aliphatic rings. The van der Waals surface area contributed by atoms with Gasteiger partial charge in [0.15, 0.2) is 22.6 Å². The van der Waals surface area contributed by atoms with Gasteiger partial charge >= 0.3 is 17.6 Å². The molecule has 0 saturated carbocycles. The van der Waals surface area contributed by atoms with Crippen LogP contribution >= 0.6 is 0 Å². The molecule has 0 unspecified atom stereocenters. The number of anilines is 3. The van der Waals surface area contributed by atoms with Crippen LogP contribution in [0, 0.1) is 30.6 Å². The highest BCUT2D eigenvalue weighted by atomic mass is 19.4. The van der Waals surface area contributed by atoms with Gasteiger partial charge in [0.2, 0.25) is 23.7 Å². The second kappa shape index (κ2) is 22.9. The fourth-order valence-corrected chi connectivity index (χ4v) is 12.3. The maximum absolute atomic E-state index is 16.7. The van der Waals surface area contributed by atoms with E-state index in [-0.39, 0.29) is 71.2 Å². The van der Waals surface area contributed by atoms with Crippen molar-refractivity contribution >= 4 is 39.9 Å². The first-order valence-electron chi connectivity index (χ1n) is 26.9. The Bertz CT molecular complexity index is 3560. The van der Waals surface area contributed by atoms with Gasteiger partial charge in [0.05, 0.1) is 43.7 Å². The number of hydrogen-bond donors (Lipinski definition) is 6. The van der Waals surface area contributed by atoms with Crippen molar-refractivity contribution in [3.8, 4) is 0 Å². The van der Waals surface area contributed by atoms with Gasteiger partial charge in [-0.3, -0.25) is 37.8 Å². The smallest absolute Gasteiger partial charge is 0.389 e. The molecule has 12 atom stereocenters. The third kappa shape index (κ3) is 13.2. The maximum Gasteiger partial charge on any atom is 0.389 e. The average molecular weight is 1190 g/mol. The molecule has 10 heterocycles. The van der Waals surface area contributed by atoms with Crippen molar-refractivity contribution in [2.45, 2.75) is 170 Å². The highest BCUT2D eigenvalue weighted by Crippen LogP contribution is 2.49. The lowest BCUT2D eigenvalue weighted by Gasteiger charge is -2.28. The van der Waals surface area contributed by atoms with Crippen molar-refractivity contribution in [2.75, 3.05) is 23.8 Å². The van der Waals surface area contributed by atoms with E-state index in [9.17, 15) is 37.5 Å². The highest BCUT2D eigenvalue weighted by Gasteiger charge is 2.50. The molecule has 24 nitrogen and oxygen atoms in total. The van der Waals surface area contributed by atoms with Crippen molar-refractivity contribution in [3.05, 3.63) is 84.7 Å². The van der Waals surface area contributed by atoms with Crippen LogP contribution in [0.5, 0.6) is 0 Å². The first-order valence-corrected chi connectivity index (χ1v) is 26.9. The van der Waals surface area contributed by atoms with Crippen molar-refractivity contribution in [1.82, 2.24) is 58.1 Å². The number of aromatic amines is 2. The topological polar surface area (TPSA) is 332 Å². The molecule has 4 aliphatic heterocycles. The second-order valence-corrected chi connectivity index (χ2v) is 22.2. The van der Waals surface area contributed by atoms with E-state index < -0.39 is 190 Å². The van der Waals surface area contributed by atoms with Gasteiger partial charge in [0, 0.05) is 62.9 Å². The standard InChI is InChI=1S/C50H60F9N15O9/c1-23-18-72(46(79)70-42(23)76)34-12-26(31(19-75)83-34)16-49(55,56)7-3-29-25(11-35(81-29)73-21-65-37-39(61)63-20-64-40(37)73)15-47(51,52)6-2-28-24(10-33(80-28)71-9-5-32(60)67-45(71)78)14-48(53,54)8-4-30-27(17-50(57,58)59)13-36(82-30)74-22-66-38-41(74)68-44(62)69-43(38)77/h5,9,18,20-22,24-31,33-36,75H,2-4,6-8,10-17,19H2,1H3,(H2,60,67,78)(H2,61,63,64)(H,70,76,79)(H3,62,68,69,77)/t24-,25-,26-,27-,28-,29-,30-,31-,33-,34-,35-,36-/m1/s1. The minimum absolute atomic E-state index is 0.00651. The molecule has 452 valence electrons. The molecule has 10 rings (SSSR count). The molecular weight excluding hydrogens is 1130 g/mol. The number of halogens is 9. The Kier molecular flexibility index (Phi) is 16.3. The van der Waals surface area contributed by atoms with E-state index in [4.69, 9.17) is 36.1 Å². The summed E-state index contributed by atoms with van der Waals surface area (Å²) >= 11 is 0. The first-order chi connectivity index (χ1) is 39.1. The third-order valence-electron chi connectivity index (χ3n) is 16.3. The summed E-state index contributed by atoms with van der Waals surface area (Å²) in [6, 6.07) is 1.25. The monoisotopic (exact) mass is 1190 g/mol. The fourth-order valence-electron chi connectivity index (χ4n) is 12.3. The van der Waals surface area contributed by atoms with Crippen molar-refractivity contribution in [1.29, 1.82) is 0 Å². The van der Waals surface area contributed by atoms with Crippen molar-refractivity contribution < 1.29 is 63.6 Å². The fraction of sp³-hybridized carbons (Fsp3) is 0.640. The number of nitrogen functional groups attached to an aromatic ring is 3. The summed E-state index contributed by atoms with van der Waals surface area (Å²) in [5.41, 5.74) is 14.5. The zero-order valence-corrected chi connectivity index (χ0v) is 44.3. The number of aliphatic hydroxyl groups is 1. The number of aryl methyl sites for hydroxylation is 1. The summed E-state index contributed by atoms with van der Waals surface area (Å²) in [6.45, 7) is 0.770. The Labute approximate surface area is 462 Å². The van der Waals surface area contributed by atoms with Gasteiger partial charge in [-0.25, -0.2) is 55.9 Å². The molecule has 6 aromatic rings. The van der Waals surface area contributed by atoms with Crippen LogP contribution in [0.2, 0.25) is 0 Å². The van der Waals surface area contributed by atoms with E-state index in [1.807, 2.05) is 0 Å². The van der Waals surface area contributed by atoms with E-state index in [1.54, 1.807) is 0 Å². The van der Waals surface area contributed by atoms with Crippen LogP contribution in [0.1, 0.15) is 120 Å². The normalized spacial score (nSPS) is 27.2. The molecule has 6 aromatic heterocycles. The molecule has 4 saturated heterocycles. The molecule has 0 bridgehead atoms. The Hall–Kier alpha value is -6.97. The molecule has 83 heavy (non-hydrogen) atoms. The highest BCUT2D eigenvalue weighted by molar-refractivity contribution is 5.81. The van der Waals surface area contributed by atoms with Gasteiger partial charge in [0.1, 0.15) is 42.6 Å². The number of nitrogens with one attached hydrogen (secondary N) is 2. The van der Waals surface area contributed by atoms with Crippen LogP contribution in [-0.4, -0.2) is 118 Å². The van der Waals surface area contributed by atoms with Gasteiger partial charge < -0.3 is 41.3 Å². The Morgan fingerprint density at radius 3 is 1.60 bits per heavy atom. The van der Waals surface area contributed by atoms with Gasteiger partial charge in [-0.2, -0.15) is 23.1 Å². The van der Waals surface area contributed by atoms with Gasteiger partial charge in [0.25, 0.3) is 11.1 Å². The molecule has 0 spiro atoms. The van der Waals surface area contributed by atoms with E-state index in [0.29, 0.717) is 0 Å². The third-order valence-corrected chi connectivity index (χ3v) is 16.3. The van der Waals surface area contributed by atoms with Crippen LogP contribution in [0.15, 0.2) is 56.6 Å². The maximum atomic E-state index is 16.7. The number of aliphatic hydroxyl groups excluding tert-OH is 1. The van der Waals surface area contributed by atoms with Crippen LogP contribution in [0.25, 0.3) is 22.3 Å². The quantitative estimate of drug-likeness (QED) is 0.0464. The van der Waals surface area contributed by atoms with E-state index in [2.05, 4.69) is 39.9 Å². The largest absolute Gasteiger partial charge is 0.394 e. The SMILES string of the molecule is Cc1cn([C@H]2C[C@H](CC(F)(F)CC[C@H]3O[C@@H](n4cnc5c(N)ncnc54)C[C@@H]3CC(F)(F)CC[C@H]3O[C@@H](n4ccc(N)nc4=O)C[C@@H]3CC(F)(F)CC[C@H]3O[C@@H](n4cnc5c(=O)[nH]c(N)nc54)C[C@@H]3CC(F)(F)F)[C@@H](CO)O2)c(=O)[nH]c1=O. The van der Waals surface area contributed by atoms with Crippen LogP contribution in [-0.2, 0) is 18.9 Å². The van der Waals surface area contributed by atoms with Crippen LogP contribution < -0.4 is 39.7 Å². The zero-order valence-electron chi connectivity index (χ0n) is 44.3. The minimum atomic E-state index is -4.72. The Balaban J connectivity index is 0.834. The molecule has 9 N–H and O–H groups in total. The average Bonchev–Trinajstić information content (AvgIpc) is 3.35.